The van der Waals surface area contributed by atoms with Gasteiger partial charge in [0.1, 0.15) is 11.5 Å². The minimum Gasteiger partial charge on any atom is -0.497 e. The lowest BCUT2D eigenvalue weighted by atomic mass is 9.97. The maximum atomic E-state index is 12.3. The lowest BCUT2D eigenvalue weighted by molar-refractivity contribution is -0.130. The van der Waals surface area contributed by atoms with E-state index in [-0.39, 0.29) is 11.9 Å². The van der Waals surface area contributed by atoms with Crippen molar-refractivity contribution in [2.24, 2.45) is 5.10 Å². The third-order valence-corrected chi connectivity index (χ3v) is 5.13. The van der Waals surface area contributed by atoms with Crippen molar-refractivity contribution in [3.05, 3.63) is 53.6 Å². The van der Waals surface area contributed by atoms with Gasteiger partial charge in [0.15, 0.2) is 0 Å². The Labute approximate surface area is 170 Å². The number of carbonyl (C=O) groups excluding carboxylic acids is 1. The van der Waals surface area contributed by atoms with Crippen LogP contribution in [0.5, 0.6) is 11.5 Å². The first-order valence-corrected chi connectivity index (χ1v) is 10.8. The molecule has 0 radical (unpaired) electrons. The average molecular weight is 417 g/mol. The molecule has 29 heavy (non-hydrogen) atoms. The van der Waals surface area contributed by atoms with Crippen molar-refractivity contribution in [3.63, 3.8) is 0 Å². The molecule has 0 saturated carbocycles. The van der Waals surface area contributed by atoms with E-state index in [4.69, 9.17) is 9.47 Å². The number of nitrogens with zero attached hydrogens (tertiary/aromatic N) is 2. The van der Waals surface area contributed by atoms with E-state index in [1.807, 2.05) is 12.1 Å². The monoisotopic (exact) mass is 417 g/mol. The summed E-state index contributed by atoms with van der Waals surface area (Å²) in [5, 5.41) is 5.93. The molecule has 0 aromatic heterocycles. The molecule has 0 bridgehead atoms. The lowest BCUT2D eigenvalue weighted by Gasteiger charge is -2.22. The molecule has 2 aromatic carbocycles. The van der Waals surface area contributed by atoms with E-state index in [1.54, 1.807) is 44.6 Å². The van der Waals surface area contributed by atoms with Crippen molar-refractivity contribution >= 4 is 27.3 Å². The Morgan fingerprint density at radius 1 is 1.17 bits per heavy atom. The van der Waals surface area contributed by atoms with Gasteiger partial charge in [-0.05, 0) is 35.9 Å². The van der Waals surface area contributed by atoms with Crippen molar-refractivity contribution in [1.82, 2.24) is 5.01 Å². The maximum Gasteiger partial charge on any atom is 0.240 e. The molecule has 0 unspecified atom stereocenters. The summed E-state index contributed by atoms with van der Waals surface area (Å²) >= 11 is 0. The molecule has 1 aliphatic heterocycles. The van der Waals surface area contributed by atoms with Gasteiger partial charge in [-0.25, -0.2) is 13.4 Å². The molecule has 1 atom stereocenters. The molecule has 8 nitrogen and oxygen atoms in total. The second-order valence-electron chi connectivity index (χ2n) is 6.69. The normalized spacial score (nSPS) is 16.3. The fourth-order valence-electron chi connectivity index (χ4n) is 3.29. The summed E-state index contributed by atoms with van der Waals surface area (Å²) in [6.07, 6.45) is 1.54. The molecule has 1 amide bonds. The Morgan fingerprint density at radius 2 is 1.93 bits per heavy atom. The molecule has 0 spiro atoms. The summed E-state index contributed by atoms with van der Waals surface area (Å²) < 4.78 is 36.3. The third kappa shape index (κ3) is 4.68. The number of amides is 1. The first-order valence-electron chi connectivity index (χ1n) is 8.89. The van der Waals surface area contributed by atoms with Crippen LogP contribution in [0.1, 0.15) is 30.5 Å². The fraction of sp³-hybridized carbons (Fsp3) is 0.300. The average Bonchev–Trinajstić information content (AvgIpc) is 3.12. The van der Waals surface area contributed by atoms with Gasteiger partial charge < -0.3 is 9.47 Å². The molecule has 0 fully saturated rings. The largest absolute Gasteiger partial charge is 0.497 e. The first-order chi connectivity index (χ1) is 13.7. The number of hydrazone groups is 1. The van der Waals surface area contributed by atoms with Crippen molar-refractivity contribution in [3.8, 4) is 11.5 Å². The Hall–Kier alpha value is -3.07. The molecule has 1 N–H and O–H groups in total. The van der Waals surface area contributed by atoms with E-state index < -0.39 is 10.0 Å². The third-order valence-electron chi connectivity index (χ3n) is 4.53. The number of hydrogen-bond acceptors (Lipinski definition) is 6. The predicted octanol–water partition coefficient (Wildman–Crippen LogP) is 2.77. The highest BCUT2D eigenvalue weighted by molar-refractivity contribution is 7.92. The highest BCUT2D eigenvalue weighted by atomic mass is 32.2. The maximum absolute atomic E-state index is 12.3. The van der Waals surface area contributed by atoms with Gasteiger partial charge in [0.05, 0.1) is 32.2 Å². The Morgan fingerprint density at radius 3 is 2.55 bits per heavy atom. The number of methoxy groups -OCH3 is 2. The Balaban J connectivity index is 1.98. The molecule has 154 valence electrons. The standard InChI is InChI=1S/C20H23N3O5S/c1-13(24)23-19(17-11-16(27-2)8-9-20(17)28-3)12-18(21-23)14-6-5-7-15(10-14)22-29(4,25)26/h5-11,19,22H,12H2,1-4H3/t19-/m0/s1. The van der Waals surface area contributed by atoms with E-state index in [2.05, 4.69) is 9.82 Å². The van der Waals surface area contributed by atoms with Crippen LogP contribution in [0, 0.1) is 0 Å². The van der Waals surface area contributed by atoms with Crippen LogP contribution in [0.25, 0.3) is 0 Å². The number of carbonyl (C=O) groups is 1. The zero-order valence-corrected chi connectivity index (χ0v) is 17.5. The first kappa shape index (κ1) is 20.7. The summed E-state index contributed by atoms with van der Waals surface area (Å²) in [6, 6.07) is 12.0. The van der Waals surface area contributed by atoms with Crippen molar-refractivity contribution in [1.29, 1.82) is 0 Å². The van der Waals surface area contributed by atoms with Crippen molar-refractivity contribution < 1.29 is 22.7 Å². The van der Waals surface area contributed by atoms with Crippen LogP contribution in [0.2, 0.25) is 0 Å². The van der Waals surface area contributed by atoms with Crippen LogP contribution in [0.4, 0.5) is 5.69 Å². The van der Waals surface area contributed by atoms with Crippen LogP contribution in [-0.2, 0) is 14.8 Å². The van der Waals surface area contributed by atoms with Gasteiger partial charge in [0, 0.05) is 24.6 Å². The van der Waals surface area contributed by atoms with Crippen LogP contribution < -0.4 is 14.2 Å². The summed E-state index contributed by atoms with van der Waals surface area (Å²) in [5.74, 6) is 1.07. The molecule has 2 aromatic rings. The molecule has 3 rings (SSSR count). The number of hydrogen-bond donors (Lipinski definition) is 1. The zero-order chi connectivity index (χ0) is 21.2. The number of nitrogens with one attached hydrogen (secondary N) is 1. The summed E-state index contributed by atoms with van der Waals surface area (Å²) in [4.78, 5) is 12.3. The quantitative estimate of drug-likeness (QED) is 0.779. The van der Waals surface area contributed by atoms with E-state index in [9.17, 15) is 13.2 Å². The smallest absolute Gasteiger partial charge is 0.240 e. The van der Waals surface area contributed by atoms with Gasteiger partial charge >= 0.3 is 0 Å². The fourth-order valence-corrected chi connectivity index (χ4v) is 3.85. The van der Waals surface area contributed by atoms with E-state index >= 15 is 0 Å². The van der Waals surface area contributed by atoms with Gasteiger partial charge in [-0.3, -0.25) is 9.52 Å². The van der Waals surface area contributed by atoms with Crippen LogP contribution >= 0.6 is 0 Å². The minimum absolute atomic E-state index is 0.208. The topological polar surface area (TPSA) is 97.3 Å². The van der Waals surface area contributed by atoms with E-state index in [0.717, 1.165) is 17.4 Å². The SMILES string of the molecule is COc1ccc(OC)c([C@@H]2CC(c3cccc(NS(C)(=O)=O)c3)=NN2C(C)=O)c1. The molecule has 1 aliphatic rings. The molecule has 0 saturated heterocycles. The second-order valence-corrected chi connectivity index (χ2v) is 8.44. The Kier molecular flexibility index (Phi) is 5.78. The lowest BCUT2D eigenvalue weighted by Crippen LogP contribution is -2.24. The van der Waals surface area contributed by atoms with E-state index in [1.165, 1.54) is 11.9 Å². The molecular formula is C20H23N3O5S. The number of benzene rings is 2. The number of sulfonamides is 1. The van der Waals surface area contributed by atoms with Crippen molar-refractivity contribution in [2.75, 3.05) is 25.2 Å². The summed E-state index contributed by atoms with van der Waals surface area (Å²) in [7, 11) is -0.252. The number of ether oxygens (including phenoxy) is 2. The van der Waals surface area contributed by atoms with Gasteiger partial charge in [-0.15, -0.1) is 0 Å². The van der Waals surface area contributed by atoms with Gasteiger partial charge in [0.2, 0.25) is 15.9 Å². The van der Waals surface area contributed by atoms with Crippen LogP contribution in [0.3, 0.4) is 0 Å². The van der Waals surface area contributed by atoms with Crippen LogP contribution in [-0.4, -0.2) is 45.5 Å². The molecule has 9 heteroatoms. The number of rotatable bonds is 6. The van der Waals surface area contributed by atoms with Gasteiger partial charge in [-0.2, -0.15) is 5.10 Å². The summed E-state index contributed by atoms with van der Waals surface area (Å²) in [5.41, 5.74) is 2.62. The van der Waals surface area contributed by atoms with E-state index in [0.29, 0.717) is 29.3 Å². The van der Waals surface area contributed by atoms with Crippen LogP contribution in [0.15, 0.2) is 47.6 Å². The minimum atomic E-state index is -3.40. The molecule has 1 heterocycles. The van der Waals surface area contributed by atoms with Gasteiger partial charge in [0.25, 0.3) is 0 Å². The van der Waals surface area contributed by atoms with Crippen molar-refractivity contribution in [2.45, 2.75) is 19.4 Å². The summed E-state index contributed by atoms with van der Waals surface area (Å²) in [6.45, 7) is 1.45. The van der Waals surface area contributed by atoms with Gasteiger partial charge in [-0.1, -0.05) is 12.1 Å². The number of anilines is 1. The molecular weight excluding hydrogens is 394 g/mol. The molecule has 0 aliphatic carbocycles. The zero-order valence-electron chi connectivity index (χ0n) is 16.7. The highest BCUT2D eigenvalue weighted by Crippen LogP contribution is 2.39. The second kappa shape index (κ2) is 8.12. The highest BCUT2D eigenvalue weighted by Gasteiger charge is 2.33. The Bertz CT molecular complexity index is 1070. The predicted molar refractivity (Wildman–Crippen MR) is 111 cm³/mol.